The Morgan fingerprint density at radius 3 is 2.42 bits per heavy atom. The van der Waals surface area contributed by atoms with E-state index in [0.717, 1.165) is 22.4 Å². The van der Waals surface area contributed by atoms with E-state index < -0.39 is 0 Å². The number of hydrogen-bond acceptors (Lipinski definition) is 3. The summed E-state index contributed by atoms with van der Waals surface area (Å²) in [4.78, 5) is 16.5. The van der Waals surface area contributed by atoms with E-state index in [4.69, 9.17) is 10.8 Å². The number of benzene rings is 2. The molecule has 0 aliphatic heterocycles. The van der Waals surface area contributed by atoms with Gasteiger partial charge in [0.1, 0.15) is 12.4 Å². The zero-order valence-electron chi connectivity index (χ0n) is 14.2. The molecule has 0 spiro atoms. The Kier molecular flexibility index (Phi) is 4.11. The quantitative estimate of drug-likeness (QED) is 0.442. The van der Waals surface area contributed by atoms with Crippen LogP contribution in [0.1, 0.15) is 26.3 Å². The van der Waals surface area contributed by atoms with E-state index in [1.165, 1.54) is 5.56 Å². The summed E-state index contributed by atoms with van der Waals surface area (Å²) in [7, 11) is 0. The Labute approximate surface area is 141 Å². The molecule has 0 fully saturated rings. The second-order valence-corrected chi connectivity index (χ2v) is 6.91. The third-order valence-corrected chi connectivity index (χ3v) is 4.13. The molecule has 3 aromatic rings. The van der Waals surface area contributed by atoms with Crippen LogP contribution in [-0.4, -0.2) is 15.5 Å². The molecule has 1 aromatic heterocycles. The maximum Gasteiger partial charge on any atom is 0.253 e. The van der Waals surface area contributed by atoms with Gasteiger partial charge in [-0.3, -0.25) is 10.2 Å². The number of aromatic nitrogens is 2. The van der Waals surface area contributed by atoms with Gasteiger partial charge in [0.25, 0.3) is 5.91 Å². The number of rotatable bonds is 3. The predicted molar refractivity (Wildman–Crippen MR) is 96.2 cm³/mol. The molecule has 0 saturated carbocycles. The fraction of sp³-hybridized carbons (Fsp3) is 0.263. The number of fused-ring (bicyclic) bond motifs is 1. The molecule has 24 heavy (non-hydrogen) atoms. The summed E-state index contributed by atoms with van der Waals surface area (Å²) in [6.45, 7) is 6.68. The maximum absolute atomic E-state index is 11.8. The molecule has 0 aliphatic rings. The lowest BCUT2D eigenvalue weighted by Gasteiger charge is -2.19. The first kappa shape index (κ1) is 16.2. The second-order valence-electron chi connectivity index (χ2n) is 6.91. The van der Waals surface area contributed by atoms with Gasteiger partial charge >= 0.3 is 0 Å². The van der Waals surface area contributed by atoms with Crippen molar-refractivity contribution < 1.29 is 4.79 Å². The van der Waals surface area contributed by atoms with Gasteiger partial charge in [-0.25, -0.2) is 10.8 Å². The third-order valence-electron chi connectivity index (χ3n) is 4.13. The molecule has 0 bridgehead atoms. The van der Waals surface area contributed by atoms with Crippen molar-refractivity contribution in [3.05, 3.63) is 54.1 Å². The van der Waals surface area contributed by atoms with Crippen LogP contribution in [0.2, 0.25) is 0 Å². The molecular weight excluding hydrogens is 300 g/mol. The summed E-state index contributed by atoms with van der Waals surface area (Å²) in [5.41, 5.74) is 6.29. The number of hydrazine groups is 1. The van der Waals surface area contributed by atoms with Gasteiger partial charge in [-0.15, -0.1) is 0 Å². The van der Waals surface area contributed by atoms with Crippen LogP contribution in [0.3, 0.4) is 0 Å². The molecule has 0 aliphatic carbocycles. The van der Waals surface area contributed by atoms with Crippen molar-refractivity contribution in [1.29, 1.82) is 0 Å². The van der Waals surface area contributed by atoms with Crippen LogP contribution in [0.25, 0.3) is 22.4 Å². The largest absolute Gasteiger partial charge is 0.314 e. The monoisotopic (exact) mass is 322 g/mol. The minimum Gasteiger partial charge on any atom is -0.314 e. The van der Waals surface area contributed by atoms with Crippen molar-refractivity contribution in [3.8, 4) is 11.4 Å². The summed E-state index contributed by atoms with van der Waals surface area (Å²) < 4.78 is 1.89. The highest BCUT2D eigenvalue weighted by Gasteiger charge is 2.17. The molecule has 3 rings (SSSR count). The molecule has 124 valence electrons. The van der Waals surface area contributed by atoms with Crippen molar-refractivity contribution in [2.24, 2.45) is 5.84 Å². The molecule has 1 amide bonds. The van der Waals surface area contributed by atoms with Crippen LogP contribution in [0.15, 0.2) is 48.5 Å². The van der Waals surface area contributed by atoms with Crippen molar-refractivity contribution in [1.82, 2.24) is 15.0 Å². The Bertz CT molecular complexity index is 873. The number of amides is 1. The Morgan fingerprint density at radius 1 is 1.12 bits per heavy atom. The normalized spacial score (nSPS) is 11.7. The number of nitrogens with two attached hydrogens (primary N) is 1. The third kappa shape index (κ3) is 3.03. The molecule has 5 nitrogen and oxygen atoms in total. The van der Waals surface area contributed by atoms with Crippen molar-refractivity contribution in [3.63, 3.8) is 0 Å². The fourth-order valence-corrected chi connectivity index (χ4v) is 2.76. The number of carbonyl (C=O) groups is 1. The number of nitrogens with zero attached hydrogens (tertiary/aromatic N) is 2. The first-order valence-electron chi connectivity index (χ1n) is 7.96. The van der Waals surface area contributed by atoms with Gasteiger partial charge in [0.05, 0.1) is 11.0 Å². The van der Waals surface area contributed by atoms with Gasteiger partial charge in [-0.05, 0) is 23.1 Å². The second kappa shape index (κ2) is 6.09. The van der Waals surface area contributed by atoms with Crippen LogP contribution in [0.5, 0.6) is 0 Å². The topological polar surface area (TPSA) is 72.9 Å². The number of para-hydroxylation sites is 2. The van der Waals surface area contributed by atoms with Crippen LogP contribution >= 0.6 is 0 Å². The highest BCUT2D eigenvalue weighted by atomic mass is 16.2. The molecule has 5 heteroatoms. The molecule has 0 saturated heterocycles. The first-order valence-corrected chi connectivity index (χ1v) is 7.96. The standard InChI is InChI=1S/C19H22N4O/c1-19(2,3)14-10-8-13(9-11-14)18-21-15-6-4-5-7-16(15)23(18)12-17(24)22-20/h4-11H,12,20H2,1-3H3,(H,22,24). The number of carbonyl (C=O) groups excluding carboxylic acids is 1. The van der Waals surface area contributed by atoms with E-state index in [1.54, 1.807) is 0 Å². The van der Waals surface area contributed by atoms with Crippen molar-refractivity contribution >= 4 is 16.9 Å². The SMILES string of the molecule is CC(C)(C)c1ccc(-c2nc3ccccc3n2CC(=O)NN)cc1. The maximum atomic E-state index is 11.8. The molecular formula is C19H22N4O. The van der Waals surface area contributed by atoms with E-state index in [1.807, 2.05) is 28.8 Å². The van der Waals surface area contributed by atoms with E-state index >= 15 is 0 Å². The van der Waals surface area contributed by atoms with E-state index in [-0.39, 0.29) is 17.9 Å². The highest BCUT2D eigenvalue weighted by Crippen LogP contribution is 2.28. The van der Waals surface area contributed by atoms with Crippen LogP contribution < -0.4 is 11.3 Å². The smallest absolute Gasteiger partial charge is 0.253 e. The van der Waals surface area contributed by atoms with Crippen molar-refractivity contribution in [2.75, 3.05) is 0 Å². The zero-order valence-corrected chi connectivity index (χ0v) is 14.2. The lowest BCUT2D eigenvalue weighted by Crippen LogP contribution is -2.33. The lowest BCUT2D eigenvalue weighted by molar-refractivity contribution is -0.121. The summed E-state index contributed by atoms with van der Waals surface area (Å²) in [5.74, 6) is 5.76. The first-order chi connectivity index (χ1) is 11.4. The predicted octanol–water partition coefficient (Wildman–Crippen LogP) is 2.99. The summed E-state index contributed by atoms with van der Waals surface area (Å²) >= 11 is 0. The van der Waals surface area contributed by atoms with Crippen LogP contribution in [0, 0.1) is 0 Å². The van der Waals surface area contributed by atoms with E-state index in [0.29, 0.717) is 0 Å². The molecule has 2 aromatic carbocycles. The lowest BCUT2D eigenvalue weighted by atomic mass is 9.87. The molecule has 0 unspecified atom stereocenters. The molecule has 1 heterocycles. The zero-order chi connectivity index (χ0) is 17.3. The molecule has 0 atom stereocenters. The van der Waals surface area contributed by atoms with Gasteiger partial charge in [-0.1, -0.05) is 57.2 Å². The Hall–Kier alpha value is -2.66. The minimum absolute atomic E-state index is 0.0953. The summed E-state index contributed by atoms with van der Waals surface area (Å²) in [5, 5.41) is 0. The average Bonchev–Trinajstić information content (AvgIpc) is 2.93. The van der Waals surface area contributed by atoms with Gasteiger partial charge in [0.2, 0.25) is 0 Å². The Morgan fingerprint density at radius 2 is 1.79 bits per heavy atom. The van der Waals surface area contributed by atoms with Gasteiger partial charge < -0.3 is 4.57 Å². The van der Waals surface area contributed by atoms with Crippen molar-refractivity contribution in [2.45, 2.75) is 32.7 Å². The van der Waals surface area contributed by atoms with Gasteiger partial charge in [-0.2, -0.15) is 0 Å². The van der Waals surface area contributed by atoms with Crippen LogP contribution in [0.4, 0.5) is 0 Å². The fourth-order valence-electron chi connectivity index (χ4n) is 2.76. The number of hydrogen-bond donors (Lipinski definition) is 2. The molecule has 0 radical (unpaired) electrons. The Balaban J connectivity index is 2.11. The number of nitrogens with one attached hydrogen (secondary N) is 1. The highest BCUT2D eigenvalue weighted by molar-refractivity contribution is 5.84. The summed E-state index contributed by atoms with van der Waals surface area (Å²) in [6, 6.07) is 16.1. The summed E-state index contributed by atoms with van der Waals surface area (Å²) in [6.07, 6.45) is 0. The number of imidazole rings is 1. The average molecular weight is 322 g/mol. The minimum atomic E-state index is -0.259. The van der Waals surface area contributed by atoms with Gasteiger partial charge in [0, 0.05) is 5.56 Å². The van der Waals surface area contributed by atoms with E-state index in [2.05, 4.69) is 50.5 Å². The van der Waals surface area contributed by atoms with E-state index in [9.17, 15) is 4.79 Å². The molecule has 3 N–H and O–H groups in total. The van der Waals surface area contributed by atoms with Crippen LogP contribution in [-0.2, 0) is 16.8 Å². The van der Waals surface area contributed by atoms with Gasteiger partial charge in [0.15, 0.2) is 0 Å².